The Labute approximate surface area is 218 Å². The maximum atomic E-state index is 2.30. The average molecular weight is 591 g/mol. The van der Waals surface area contributed by atoms with Crippen LogP contribution in [0, 0.1) is 0 Å². The Kier molecular flexibility index (Phi) is 9.49. The van der Waals surface area contributed by atoms with Crippen molar-refractivity contribution in [3.05, 3.63) is 54.5 Å². The minimum absolute atomic E-state index is 1.39. The topological polar surface area (TPSA) is 0 Å². The van der Waals surface area contributed by atoms with Crippen LogP contribution < -0.4 is 0 Å². The third-order valence-corrected chi connectivity index (χ3v) is 19.7. The Morgan fingerprint density at radius 1 is 0.429 bits per heavy atom. The Morgan fingerprint density at radius 2 is 0.750 bits per heavy atom. The molecule has 28 heavy (non-hydrogen) atoms. The van der Waals surface area contributed by atoms with Gasteiger partial charge in [-0.3, -0.25) is 0 Å². The molecular formula is C16H14S12. The van der Waals surface area contributed by atoms with Gasteiger partial charge < -0.3 is 0 Å². The molecular weight excluding hydrogens is 577 g/mol. The standard InChI is InChI=1S/C16H14S12/c1-17-9-10(18-2)22-7(21-9)5-6-8-23-13-14(24-8)28-16(27-13)15-25-11(19-3)12(20-4)26-15/h5-6H,1-4H3. The van der Waals surface area contributed by atoms with Crippen LogP contribution in [0.1, 0.15) is 0 Å². The van der Waals surface area contributed by atoms with Crippen molar-refractivity contribution in [3.8, 4) is 0 Å². The molecule has 0 nitrogen and oxygen atoms in total. The number of rotatable bonds is 5. The molecule has 0 amide bonds. The lowest BCUT2D eigenvalue weighted by Gasteiger charge is -2.05. The molecule has 0 N–H and O–H groups in total. The van der Waals surface area contributed by atoms with E-state index in [2.05, 4.69) is 37.2 Å². The fourth-order valence-corrected chi connectivity index (χ4v) is 18.4. The Balaban J connectivity index is 1.36. The van der Waals surface area contributed by atoms with E-state index in [-0.39, 0.29) is 0 Å². The molecule has 0 aromatic rings. The van der Waals surface area contributed by atoms with Crippen LogP contribution in [-0.2, 0) is 0 Å². The summed E-state index contributed by atoms with van der Waals surface area (Å²) in [5.41, 5.74) is 0. The van der Waals surface area contributed by atoms with Crippen LogP contribution >= 0.6 is 141 Å². The Hall–Kier alpha value is 2.64. The maximum Gasteiger partial charge on any atom is 0.0718 e. The molecule has 0 aromatic heterocycles. The molecule has 0 aliphatic carbocycles. The second-order valence-electron chi connectivity index (χ2n) is 4.90. The summed E-state index contributed by atoms with van der Waals surface area (Å²) in [6.45, 7) is 0. The van der Waals surface area contributed by atoms with Gasteiger partial charge in [-0.2, -0.15) is 0 Å². The van der Waals surface area contributed by atoms with Crippen LogP contribution in [0.4, 0.5) is 0 Å². The van der Waals surface area contributed by atoms with Gasteiger partial charge in [0.1, 0.15) is 0 Å². The predicted molar refractivity (Wildman–Crippen MR) is 159 cm³/mol. The number of hydrogen-bond donors (Lipinski definition) is 0. The van der Waals surface area contributed by atoms with Crippen LogP contribution in [-0.4, -0.2) is 25.0 Å². The molecule has 4 heterocycles. The number of allylic oxidation sites excluding steroid dienone is 2. The lowest BCUT2D eigenvalue weighted by Crippen LogP contribution is -1.70. The second kappa shape index (κ2) is 11.2. The highest BCUT2D eigenvalue weighted by Crippen LogP contribution is 2.70. The van der Waals surface area contributed by atoms with Gasteiger partial charge >= 0.3 is 0 Å². The SMILES string of the molecule is CSC1=C(SC)SC(=CC=C2SC3=C(S2)SC(=C2SC(SC)=C(SC)S2)S3)S1. The zero-order valence-corrected chi connectivity index (χ0v) is 24.9. The van der Waals surface area contributed by atoms with Gasteiger partial charge in [0.25, 0.3) is 0 Å². The van der Waals surface area contributed by atoms with Crippen LogP contribution in [0.15, 0.2) is 54.5 Å². The second-order valence-corrected chi connectivity index (χ2v) is 19.0. The van der Waals surface area contributed by atoms with E-state index < -0.39 is 0 Å². The van der Waals surface area contributed by atoms with Gasteiger partial charge in [-0.05, 0) is 37.2 Å². The molecule has 0 saturated carbocycles. The molecule has 0 radical (unpaired) electrons. The smallest absolute Gasteiger partial charge is 0.0718 e. The molecule has 0 atom stereocenters. The van der Waals surface area contributed by atoms with E-state index in [1.165, 1.54) is 42.4 Å². The highest BCUT2D eigenvalue weighted by Gasteiger charge is 2.34. The van der Waals surface area contributed by atoms with E-state index in [1.807, 2.05) is 141 Å². The van der Waals surface area contributed by atoms with Crippen molar-refractivity contribution >= 4 is 141 Å². The van der Waals surface area contributed by atoms with E-state index in [1.54, 1.807) is 0 Å². The first-order valence-electron chi connectivity index (χ1n) is 7.63. The van der Waals surface area contributed by atoms with E-state index in [0.29, 0.717) is 0 Å². The van der Waals surface area contributed by atoms with Crippen molar-refractivity contribution < 1.29 is 0 Å². The maximum absolute atomic E-state index is 2.30. The normalized spacial score (nSPS) is 22.4. The van der Waals surface area contributed by atoms with E-state index >= 15 is 0 Å². The number of hydrogen-bond acceptors (Lipinski definition) is 12. The summed E-state index contributed by atoms with van der Waals surface area (Å²) in [6.07, 6.45) is 13.3. The van der Waals surface area contributed by atoms with Gasteiger partial charge in [-0.1, -0.05) is 94.1 Å². The monoisotopic (exact) mass is 590 g/mol. The van der Waals surface area contributed by atoms with E-state index in [0.717, 1.165) is 0 Å². The summed E-state index contributed by atoms with van der Waals surface area (Å²) in [6, 6.07) is 0. The third-order valence-electron chi connectivity index (χ3n) is 3.28. The Morgan fingerprint density at radius 3 is 1.18 bits per heavy atom. The Bertz CT molecular complexity index is 814. The lowest BCUT2D eigenvalue weighted by molar-refractivity contribution is 2.05. The lowest BCUT2D eigenvalue weighted by atomic mass is 10.6. The van der Waals surface area contributed by atoms with Crippen LogP contribution in [0.2, 0.25) is 0 Å². The summed E-state index contributed by atoms with van der Waals surface area (Å²) < 4.78 is 14.4. The van der Waals surface area contributed by atoms with Gasteiger partial charge in [0, 0.05) is 0 Å². The summed E-state index contributed by atoms with van der Waals surface area (Å²) in [4.78, 5) is 0. The average Bonchev–Trinajstić information content (AvgIpc) is 3.45. The fourth-order valence-electron chi connectivity index (χ4n) is 2.10. The first-order chi connectivity index (χ1) is 13.6. The zero-order chi connectivity index (χ0) is 19.7. The van der Waals surface area contributed by atoms with Gasteiger partial charge in [-0.15, -0.1) is 47.0 Å². The first-order valence-corrected chi connectivity index (χ1v) is 19.1. The van der Waals surface area contributed by atoms with Gasteiger partial charge in [-0.25, -0.2) is 0 Å². The van der Waals surface area contributed by atoms with Crippen molar-refractivity contribution in [2.75, 3.05) is 25.0 Å². The van der Waals surface area contributed by atoms with Crippen molar-refractivity contribution in [2.45, 2.75) is 0 Å². The van der Waals surface area contributed by atoms with Crippen LogP contribution in [0.3, 0.4) is 0 Å². The van der Waals surface area contributed by atoms with E-state index in [4.69, 9.17) is 0 Å². The van der Waals surface area contributed by atoms with Crippen molar-refractivity contribution in [1.29, 1.82) is 0 Å². The minimum atomic E-state index is 1.39. The quantitative estimate of drug-likeness (QED) is 0.299. The molecule has 0 fully saturated rings. The third kappa shape index (κ3) is 5.40. The van der Waals surface area contributed by atoms with Crippen molar-refractivity contribution in [2.24, 2.45) is 0 Å². The molecule has 0 unspecified atom stereocenters. The molecule has 4 rings (SSSR count). The fraction of sp³-hybridized carbons (Fsp3) is 0.250. The molecule has 12 heteroatoms. The molecule has 150 valence electrons. The zero-order valence-electron chi connectivity index (χ0n) is 15.1. The van der Waals surface area contributed by atoms with Gasteiger partial charge in [0.2, 0.25) is 0 Å². The highest BCUT2D eigenvalue weighted by atomic mass is 32.3. The largest absolute Gasteiger partial charge is 0.121 e. The highest BCUT2D eigenvalue weighted by molar-refractivity contribution is 8.49. The summed E-state index contributed by atoms with van der Waals surface area (Å²) in [7, 11) is 0. The first kappa shape index (κ1) is 23.8. The number of thioether (sulfide) groups is 12. The molecule has 4 aliphatic heterocycles. The molecule has 0 spiro atoms. The molecule has 0 saturated heterocycles. The summed E-state index contributed by atoms with van der Waals surface area (Å²) >= 11 is 23.0. The van der Waals surface area contributed by atoms with Gasteiger partial charge in [0.05, 0.1) is 42.4 Å². The predicted octanol–water partition coefficient (Wildman–Crippen LogP) is 10.5. The van der Waals surface area contributed by atoms with Crippen molar-refractivity contribution in [3.63, 3.8) is 0 Å². The molecule has 4 aliphatic rings. The summed E-state index contributed by atoms with van der Waals surface area (Å²) in [5.74, 6) is 0. The van der Waals surface area contributed by atoms with E-state index in [9.17, 15) is 0 Å². The summed E-state index contributed by atoms with van der Waals surface area (Å²) in [5, 5.41) is 0. The van der Waals surface area contributed by atoms with Crippen molar-refractivity contribution in [1.82, 2.24) is 0 Å². The van der Waals surface area contributed by atoms with Crippen LogP contribution in [0.25, 0.3) is 0 Å². The molecule has 0 aromatic carbocycles. The minimum Gasteiger partial charge on any atom is -0.121 e. The van der Waals surface area contributed by atoms with Gasteiger partial charge in [0.15, 0.2) is 0 Å². The van der Waals surface area contributed by atoms with Crippen LogP contribution in [0.5, 0.6) is 0 Å². The molecule has 0 bridgehead atoms.